The molecule has 0 aliphatic carbocycles. The van der Waals surface area contributed by atoms with Crippen LogP contribution < -0.4 is 31.1 Å². The van der Waals surface area contributed by atoms with Crippen molar-refractivity contribution >= 4 is 47.0 Å². The van der Waals surface area contributed by atoms with E-state index < -0.39 is 0 Å². The lowest BCUT2D eigenvalue weighted by Crippen LogP contribution is -2.19. The number of carbonyl (C=O) groups is 1. The van der Waals surface area contributed by atoms with Crippen LogP contribution in [0.2, 0.25) is 0 Å². The number of ether oxygens (including phenoxy) is 2. The fourth-order valence-corrected chi connectivity index (χ4v) is 2.67. The Labute approximate surface area is 196 Å². The lowest BCUT2D eigenvalue weighted by Gasteiger charge is -2.14. The summed E-state index contributed by atoms with van der Waals surface area (Å²) in [6.45, 7) is 5.36. The molecule has 0 fully saturated rings. The van der Waals surface area contributed by atoms with Crippen molar-refractivity contribution in [2.45, 2.75) is 13.8 Å². The summed E-state index contributed by atoms with van der Waals surface area (Å²) in [5, 5.41) is 4.45. The second-order valence-electron chi connectivity index (χ2n) is 6.59. The van der Waals surface area contributed by atoms with E-state index in [4.69, 9.17) is 15.2 Å². The second kappa shape index (κ2) is 17.8. The Kier molecular flexibility index (Phi) is 16.2. The van der Waals surface area contributed by atoms with Crippen molar-refractivity contribution in [2.75, 3.05) is 26.0 Å². The van der Waals surface area contributed by atoms with Crippen molar-refractivity contribution in [1.29, 1.82) is 0 Å². The Bertz CT molecular complexity index is 883. The molecule has 0 saturated heterocycles. The van der Waals surface area contributed by atoms with Gasteiger partial charge in [-0.25, -0.2) is 0 Å². The van der Waals surface area contributed by atoms with Crippen LogP contribution in [0.25, 0.3) is 0 Å². The van der Waals surface area contributed by atoms with Crippen LogP contribution in [0.1, 0.15) is 13.8 Å². The first kappa shape index (κ1) is 29.1. The predicted molar refractivity (Wildman–Crippen MR) is 143 cm³/mol. The largest absolute Gasteiger partial charge is 0.490 e. The van der Waals surface area contributed by atoms with Gasteiger partial charge in [-0.15, -0.1) is 31.3 Å². The summed E-state index contributed by atoms with van der Waals surface area (Å²) in [5.41, 5.74) is 6.62. The van der Waals surface area contributed by atoms with E-state index in [9.17, 15) is 4.79 Å². The molecule has 0 saturated carbocycles. The van der Waals surface area contributed by atoms with Gasteiger partial charge in [0.15, 0.2) is 0 Å². The van der Waals surface area contributed by atoms with Crippen molar-refractivity contribution in [3.8, 4) is 24.3 Å². The summed E-state index contributed by atoms with van der Waals surface area (Å²) < 4.78 is 11.1. The molecule has 2 unspecified atom stereocenters. The molecule has 0 aliphatic rings. The lowest BCUT2D eigenvalue weighted by molar-refractivity contribution is -0.108. The van der Waals surface area contributed by atoms with Crippen molar-refractivity contribution in [1.82, 2.24) is 5.32 Å². The molecule has 1 amide bonds. The van der Waals surface area contributed by atoms with Crippen LogP contribution in [-0.4, -0.2) is 32.5 Å². The number of benzene rings is 2. The highest BCUT2D eigenvalue weighted by Gasteiger charge is 2.07. The third kappa shape index (κ3) is 12.1. The summed E-state index contributed by atoms with van der Waals surface area (Å²) in [7, 11) is 6.84. The molecule has 2 rings (SSSR count). The molecule has 0 aromatic heterocycles. The molecule has 0 heterocycles. The number of hydrogen-bond donors (Lipinski definition) is 2. The summed E-state index contributed by atoms with van der Waals surface area (Å²) in [4.78, 5) is 14.0. The molecule has 0 spiro atoms. The van der Waals surface area contributed by atoms with Gasteiger partial charge in [-0.2, -0.15) is 0 Å². The van der Waals surface area contributed by atoms with Crippen LogP contribution in [0.4, 0.5) is 5.69 Å². The Morgan fingerprint density at radius 2 is 1.75 bits per heavy atom. The van der Waals surface area contributed by atoms with Gasteiger partial charge in [0.25, 0.3) is 0 Å². The van der Waals surface area contributed by atoms with Crippen LogP contribution in [0.5, 0.6) is 11.5 Å². The SMILES string of the molecule is C#C.CC(C)COc1c(P)ccc(P)c1N.CN=C(/C=C\COc1ccccc1)NC=O. The summed E-state index contributed by atoms with van der Waals surface area (Å²) in [6.07, 6.45) is 12.1. The fraction of sp³-hybridized carbons (Fsp3) is 0.250. The van der Waals surface area contributed by atoms with E-state index in [2.05, 4.69) is 55.5 Å². The molecule has 0 aliphatic heterocycles. The number of hydrogen-bond acceptors (Lipinski definition) is 5. The molecule has 2 aromatic rings. The summed E-state index contributed by atoms with van der Waals surface area (Å²) in [5.74, 6) is 2.61. The molecule has 0 bridgehead atoms. The number of nitrogen functional groups attached to an aromatic ring is 1. The van der Waals surface area contributed by atoms with Crippen LogP contribution in [0, 0.1) is 18.8 Å². The summed E-state index contributed by atoms with van der Waals surface area (Å²) >= 11 is 0. The summed E-state index contributed by atoms with van der Waals surface area (Å²) in [6, 6.07) is 13.5. The fourth-order valence-electron chi connectivity index (χ4n) is 2.11. The van der Waals surface area contributed by atoms with E-state index in [1.165, 1.54) is 0 Å². The predicted octanol–water partition coefficient (Wildman–Crippen LogP) is 2.95. The van der Waals surface area contributed by atoms with Crippen LogP contribution in [0.15, 0.2) is 59.6 Å². The van der Waals surface area contributed by atoms with E-state index in [1.807, 2.05) is 42.5 Å². The number of aliphatic imine (C=N–C) groups is 1. The van der Waals surface area contributed by atoms with Gasteiger partial charge in [0.05, 0.1) is 12.3 Å². The van der Waals surface area contributed by atoms with Crippen molar-refractivity contribution < 1.29 is 14.3 Å². The average molecular weight is 473 g/mol. The quantitative estimate of drug-likeness (QED) is 0.154. The number of terminal acetylenes is 1. The van der Waals surface area contributed by atoms with E-state index in [0.29, 0.717) is 37.1 Å². The molecular formula is C24H33N3O3P2. The average Bonchev–Trinajstić information content (AvgIpc) is 2.81. The van der Waals surface area contributed by atoms with E-state index >= 15 is 0 Å². The Morgan fingerprint density at radius 3 is 2.31 bits per heavy atom. The normalized spacial score (nSPS) is 10.4. The topological polar surface area (TPSA) is 85.9 Å². The Balaban J connectivity index is 0.000000561. The minimum Gasteiger partial charge on any atom is -0.490 e. The van der Waals surface area contributed by atoms with Crippen molar-refractivity contribution in [3.05, 3.63) is 54.6 Å². The highest BCUT2D eigenvalue weighted by molar-refractivity contribution is 7.29. The standard InChI is InChI=1S/C12H14N2O2.C10H17NOP2.C2H2/c1-13-12(14-10-15)8-5-9-16-11-6-3-2-4-7-11;1-6(2)5-12-10-8(14)4-3-7(13)9(10)11;1-2/h2-8,10H,9H2,1H3,(H,13,14,15);3-4,6H,5,11,13-14H2,1-2H3;1-2H/b8-5-;;. The smallest absolute Gasteiger partial charge is 0.212 e. The third-order valence-corrected chi connectivity index (χ3v) is 4.59. The Morgan fingerprint density at radius 1 is 1.12 bits per heavy atom. The zero-order chi connectivity index (χ0) is 24.4. The monoisotopic (exact) mass is 473 g/mol. The first-order chi connectivity index (χ1) is 15.4. The maximum absolute atomic E-state index is 10.2. The third-order valence-electron chi connectivity index (χ3n) is 3.63. The highest BCUT2D eigenvalue weighted by atomic mass is 31.0. The van der Waals surface area contributed by atoms with Gasteiger partial charge in [-0.1, -0.05) is 44.2 Å². The highest BCUT2D eigenvalue weighted by Crippen LogP contribution is 2.21. The number of amides is 1. The van der Waals surface area contributed by atoms with Crippen molar-refractivity contribution in [2.24, 2.45) is 10.9 Å². The number of amidine groups is 1. The minimum absolute atomic E-state index is 0.434. The Hall–Kier alpha value is -2.86. The second-order valence-corrected chi connectivity index (χ2v) is 7.83. The van der Waals surface area contributed by atoms with E-state index in [-0.39, 0.29) is 0 Å². The van der Waals surface area contributed by atoms with Gasteiger partial charge in [0.2, 0.25) is 6.41 Å². The van der Waals surface area contributed by atoms with Crippen LogP contribution >= 0.6 is 18.5 Å². The molecule has 32 heavy (non-hydrogen) atoms. The zero-order valence-corrected chi connectivity index (χ0v) is 21.1. The van der Waals surface area contributed by atoms with Gasteiger partial charge >= 0.3 is 0 Å². The van der Waals surface area contributed by atoms with Crippen LogP contribution in [-0.2, 0) is 4.79 Å². The van der Waals surface area contributed by atoms with Crippen molar-refractivity contribution in [3.63, 3.8) is 0 Å². The first-order valence-corrected chi connectivity index (χ1v) is 10.9. The number of anilines is 1. The number of nitrogens with zero attached hydrogens (tertiary/aromatic N) is 1. The maximum atomic E-state index is 10.2. The van der Waals surface area contributed by atoms with Gasteiger partial charge in [-0.3, -0.25) is 9.79 Å². The molecule has 172 valence electrons. The number of carbonyl (C=O) groups excluding carboxylic acids is 1. The number of nitrogens with two attached hydrogens (primary N) is 1. The van der Waals surface area contributed by atoms with Gasteiger partial charge in [-0.05, 0) is 35.5 Å². The van der Waals surface area contributed by atoms with Crippen LogP contribution in [0.3, 0.4) is 0 Å². The van der Waals surface area contributed by atoms with Gasteiger partial charge in [0, 0.05) is 12.4 Å². The number of nitrogens with one attached hydrogen (secondary N) is 1. The molecule has 0 radical (unpaired) electrons. The van der Waals surface area contributed by atoms with E-state index in [0.717, 1.165) is 22.1 Å². The lowest BCUT2D eigenvalue weighted by atomic mass is 10.2. The maximum Gasteiger partial charge on any atom is 0.212 e. The minimum atomic E-state index is 0.434. The molecular weight excluding hydrogens is 440 g/mol. The molecule has 8 heteroatoms. The molecule has 2 atom stereocenters. The van der Waals surface area contributed by atoms with Gasteiger partial charge in [0.1, 0.15) is 23.9 Å². The van der Waals surface area contributed by atoms with Gasteiger partial charge < -0.3 is 20.5 Å². The first-order valence-electron chi connectivity index (χ1n) is 9.79. The molecule has 3 N–H and O–H groups in total. The number of rotatable bonds is 8. The molecule has 6 nitrogen and oxygen atoms in total. The number of para-hydroxylation sites is 1. The molecule has 2 aromatic carbocycles. The van der Waals surface area contributed by atoms with E-state index in [1.54, 1.807) is 19.2 Å². The zero-order valence-electron chi connectivity index (χ0n) is 18.8.